The predicted molar refractivity (Wildman–Crippen MR) is 51.8 cm³/mol. The Hall–Kier alpha value is -1.16. The second-order valence-electron chi connectivity index (χ2n) is 2.85. The molecule has 1 atom stereocenters. The number of halogens is 2. The van der Waals surface area contributed by atoms with E-state index in [1.165, 1.54) is 12.1 Å². The minimum Gasteiger partial charge on any atom is -0.349 e. The van der Waals surface area contributed by atoms with E-state index in [2.05, 4.69) is 10.3 Å². The third kappa shape index (κ3) is 3.30. The van der Waals surface area contributed by atoms with Gasteiger partial charge in [-0.2, -0.15) is 0 Å². The Kier molecular flexibility index (Phi) is 3.83. The first-order chi connectivity index (χ1) is 6.59. The SMILES string of the molecule is CC(Cl)CNC(=O)c1ccc(F)cn1. The summed E-state index contributed by atoms with van der Waals surface area (Å²) in [5, 5.41) is 2.42. The highest BCUT2D eigenvalue weighted by atomic mass is 35.5. The van der Waals surface area contributed by atoms with Gasteiger partial charge in [-0.1, -0.05) is 0 Å². The van der Waals surface area contributed by atoms with E-state index in [0.717, 1.165) is 6.20 Å². The molecule has 0 spiro atoms. The first kappa shape index (κ1) is 10.9. The van der Waals surface area contributed by atoms with E-state index in [1.54, 1.807) is 6.92 Å². The quantitative estimate of drug-likeness (QED) is 0.780. The Balaban J connectivity index is 2.57. The zero-order valence-corrected chi connectivity index (χ0v) is 8.38. The molecule has 1 aromatic rings. The van der Waals surface area contributed by atoms with Crippen molar-refractivity contribution in [1.82, 2.24) is 10.3 Å². The Morgan fingerprint density at radius 1 is 1.71 bits per heavy atom. The van der Waals surface area contributed by atoms with Gasteiger partial charge in [-0.25, -0.2) is 9.37 Å². The van der Waals surface area contributed by atoms with E-state index >= 15 is 0 Å². The van der Waals surface area contributed by atoms with Crippen LogP contribution in [0.3, 0.4) is 0 Å². The molecule has 76 valence electrons. The van der Waals surface area contributed by atoms with Crippen molar-refractivity contribution in [3.8, 4) is 0 Å². The molecule has 1 aromatic heterocycles. The maximum absolute atomic E-state index is 12.4. The highest BCUT2D eigenvalue weighted by Crippen LogP contribution is 1.98. The summed E-state index contributed by atoms with van der Waals surface area (Å²) in [7, 11) is 0. The van der Waals surface area contributed by atoms with Crippen molar-refractivity contribution < 1.29 is 9.18 Å². The van der Waals surface area contributed by atoms with Crippen molar-refractivity contribution in [2.75, 3.05) is 6.54 Å². The molecule has 1 unspecified atom stereocenters. The van der Waals surface area contributed by atoms with Gasteiger partial charge in [0.2, 0.25) is 0 Å². The van der Waals surface area contributed by atoms with Crippen LogP contribution in [0.15, 0.2) is 18.3 Å². The average Bonchev–Trinajstić information content (AvgIpc) is 2.15. The summed E-state index contributed by atoms with van der Waals surface area (Å²) < 4.78 is 12.4. The second-order valence-corrected chi connectivity index (χ2v) is 3.60. The summed E-state index contributed by atoms with van der Waals surface area (Å²) >= 11 is 5.64. The highest BCUT2D eigenvalue weighted by molar-refractivity contribution is 6.20. The lowest BCUT2D eigenvalue weighted by Gasteiger charge is -2.05. The molecule has 0 saturated carbocycles. The Bertz CT molecular complexity index is 313. The Morgan fingerprint density at radius 3 is 2.93 bits per heavy atom. The van der Waals surface area contributed by atoms with E-state index in [4.69, 9.17) is 11.6 Å². The molecule has 0 aliphatic carbocycles. The standard InChI is InChI=1S/C9H10ClFN2O/c1-6(10)4-13-9(14)8-3-2-7(11)5-12-8/h2-3,5-6H,4H2,1H3,(H,13,14). The number of nitrogens with zero attached hydrogens (tertiary/aromatic N) is 1. The second kappa shape index (κ2) is 4.91. The molecule has 1 N–H and O–H groups in total. The normalized spacial score (nSPS) is 12.2. The van der Waals surface area contributed by atoms with Crippen LogP contribution in [-0.2, 0) is 0 Å². The number of alkyl halides is 1. The average molecular weight is 217 g/mol. The van der Waals surface area contributed by atoms with E-state index < -0.39 is 5.82 Å². The van der Waals surface area contributed by atoms with Crippen LogP contribution in [0.1, 0.15) is 17.4 Å². The smallest absolute Gasteiger partial charge is 0.269 e. The number of hydrogen-bond acceptors (Lipinski definition) is 2. The number of rotatable bonds is 3. The zero-order chi connectivity index (χ0) is 10.6. The van der Waals surface area contributed by atoms with Crippen LogP contribution in [-0.4, -0.2) is 22.8 Å². The van der Waals surface area contributed by atoms with Crippen molar-refractivity contribution >= 4 is 17.5 Å². The number of carbonyl (C=O) groups is 1. The molecular formula is C9H10ClFN2O. The largest absolute Gasteiger partial charge is 0.349 e. The van der Waals surface area contributed by atoms with Crippen molar-refractivity contribution in [2.24, 2.45) is 0 Å². The topological polar surface area (TPSA) is 42.0 Å². The summed E-state index contributed by atoms with van der Waals surface area (Å²) in [6.45, 7) is 2.12. The Labute approximate surface area is 86.3 Å². The van der Waals surface area contributed by atoms with Crippen LogP contribution in [0.5, 0.6) is 0 Å². The van der Waals surface area contributed by atoms with Gasteiger partial charge in [0.25, 0.3) is 5.91 Å². The lowest BCUT2D eigenvalue weighted by molar-refractivity contribution is 0.0949. The summed E-state index contributed by atoms with van der Waals surface area (Å²) in [4.78, 5) is 14.9. The molecule has 1 amide bonds. The molecule has 0 aliphatic rings. The molecule has 3 nitrogen and oxygen atoms in total. The van der Waals surface area contributed by atoms with E-state index in [-0.39, 0.29) is 17.0 Å². The number of amides is 1. The summed E-state index contributed by atoms with van der Waals surface area (Å²) in [6, 6.07) is 2.51. The molecular weight excluding hydrogens is 207 g/mol. The molecule has 0 aromatic carbocycles. The van der Waals surface area contributed by atoms with E-state index in [9.17, 15) is 9.18 Å². The lowest BCUT2D eigenvalue weighted by atomic mass is 10.3. The summed E-state index contributed by atoms with van der Waals surface area (Å²) in [5.74, 6) is -0.815. The van der Waals surface area contributed by atoms with Gasteiger partial charge < -0.3 is 5.32 Å². The van der Waals surface area contributed by atoms with Gasteiger partial charge in [0.05, 0.1) is 6.20 Å². The molecule has 0 aliphatic heterocycles. The predicted octanol–water partition coefficient (Wildman–Crippen LogP) is 1.58. The number of hydrogen-bond donors (Lipinski definition) is 1. The van der Waals surface area contributed by atoms with Gasteiger partial charge in [-0.3, -0.25) is 4.79 Å². The fourth-order valence-electron chi connectivity index (χ4n) is 0.834. The highest BCUT2D eigenvalue weighted by Gasteiger charge is 2.07. The fraction of sp³-hybridized carbons (Fsp3) is 0.333. The number of nitrogens with one attached hydrogen (secondary N) is 1. The van der Waals surface area contributed by atoms with E-state index in [0.29, 0.717) is 6.54 Å². The van der Waals surface area contributed by atoms with Crippen molar-refractivity contribution in [1.29, 1.82) is 0 Å². The van der Waals surface area contributed by atoms with Crippen LogP contribution >= 0.6 is 11.6 Å². The van der Waals surface area contributed by atoms with Crippen molar-refractivity contribution in [3.63, 3.8) is 0 Å². The lowest BCUT2D eigenvalue weighted by Crippen LogP contribution is -2.29. The van der Waals surface area contributed by atoms with Crippen molar-refractivity contribution in [2.45, 2.75) is 12.3 Å². The third-order valence-electron chi connectivity index (χ3n) is 1.50. The molecule has 1 rings (SSSR count). The maximum atomic E-state index is 12.4. The number of pyridine rings is 1. The van der Waals surface area contributed by atoms with Gasteiger partial charge in [0.15, 0.2) is 0 Å². The molecule has 5 heteroatoms. The summed E-state index contributed by atoms with van der Waals surface area (Å²) in [5.41, 5.74) is 0.184. The van der Waals surface area contributed by atoms with Crippen LogP contribution in [0.25, 0.3) is 0 Å². The monoisotopic (exact) mass is 216 g/mol. The molecule has 0 radical (unpaired) electrons. The number of carbonyl (C=O) groups excluding carboxylic acids is 1. The summed E-state index contributed by atoms with van der Waals surface area (Å²) in [6.07, 6.45) is 0.999. The maximum Gasteiger partial charge on any atom is 0.269 e. The van der Waals surface area contributed by atoms with Crippen molar-refractivity contribution in [3.05, 3.63) is 29.8 Å². The minimum atomic E-state index is -0.465. The van der Waals surface area contributed by atoms with E-state index in [1.807, 2.05) is 0 Å². The molecule has 1 heterocycles. The first-order valence-corrected chi connectivity index (χ1v) is 4.57. The first-order valence-electron chi connectivity index (χ1n) is 4.13. The fourth-order valence-corrected chi connectivity index (χ4v) is 0.911. The molecule has 0 saturated heterocycles. The third-order valence-corrected chi connectivity index (χ3v) is 1.66. The van der Waals surface area contributed by atoms with Crippen LogP contribution in [0.4, 0.5) is 4.39 Å². The molecule has 14 heavy (non-hydrogen) atoms. The molecule has 0 fully saturated rings. The number of aromatic nitrogens is 1. The Morgan fingerprint density at radius 2 is 2.43 bits per heavy atom. The van der Waals surface area contributed by atoms with Crippen LogP contribution < -0.4 is 5.32 Å². The molecule has 0 bridgehead atoms. The van der Waals surface area contributed by atoms with Gasteiger partial charge in [0.1, 0.15) is 11.5 Å². The van der Waals surface area contributed by atoms with Crippen LogP contribution in [0, 0.1) is 5.82 Å². The van der Waals surface area contributed by atoms with Gasteiger partial charge in [-0.05, 0) is 19.1 Å². The minimum absolute atomic E-state index is 0.139. The van der Waals surface area contributed by atoms with Gasteiger partial charge in [-0.15, -0.1) is 11.6 Å². The zero-order valence-electron chi connectivity index (χ0n) is 7.63. The van der Waals surface area contributed by atoms with Gasteiger partial charge >= 0.3 is 0 Å². The van der Waals surface area contributed by atoms with Crippen LogP contribution in [0.2, 0.25) is 0 Å². The van der Waals surface area contributed by atoms with Gasteiger partial charge in [0, 0.05) is 11.9 Å².